The summed E-state index contributed by atoms with van der Waals surface area (Å²) < 4.78 is 10.2. The standard InChI is InChI=1S/C73H44N2S2/c1-2-23-47(46(22-1)56-31-17-32-57-58-33-18-34-60(71(58)76-70(56)57)68-53-29-5-3-20-44(53)45-21-4-6-30-54(45)68)59-43-42-55(52-28-11-16-40-66(52)74-62-36-12-7-24-48(62)49-25-8-13-37-63(49)74)69-61-35-19-41-67(72(61)77-73(59)69)75-64-38-14-9-26-50(64)51-27-10-15-39-65(51)75/h1-43,68H. The minimum Gasteiger partial charge on any atom is -0.309 e. The van der Waals surface area contributed by atoms with E-state index in [4.69, 9.17) is 0 Å². The van der Waals surface area contributed by atoms with Gasteiger partial charge in [0.2, 0.25) is 0 Å². The molecular weight excluding hydrogens is 969 g/mol. The molecule has 0 saturated heterocycles. The van der Waals surface area contributed by atoms with Crippen LogP contribution in [-0.2, 0) is 0 Å². The molecule has 16 aromatic rings. The SMILES string of the molecule is c1ccc(-c2ccc(-c3ccccc3-n3c4ccccc4c4ccccc43)c3c2sc2c(-n4c5ccccc5c5ccccc54)cccc23)c(-c2cccc3c2sc2c(C4c5ccccc5-c5ccccc54)cccc23)c1. The topological polar surface area (TPSA) is 9.86 Å². The largest absolute Gasteiger partial charge is 0.309 e. The summed E-state index contributed by atoms with van der Waals surface area (Å²) in [5, 5.41) is 10.2. The molecule has 4 heteroatoms. The first-order valence-corrected chi connectivity index (χ1v) is 28.2. The molecule has 0 N–H and O–H groups in total. The highest BCUT2D eigenvalue weighted by atomic mass is 32.1. The zero-order chi connectivity index (χ0) is 50.3. The third kappa shape index (κ3) is 6.11. The van der Waals surface area contributed by atoms with Crippen LogP contribution in [0, 0.1) is 0 Å². The fraction of sp³-hybridized carbons (Fsp3) is 0.0137. The van der Waals surface area contributed by atoms with E-state index >= 15 is 0 Å². The van der Waals surface area contributed by atoms with Crippen molar-refractivity contribution in [2.45, 2.75) is 5.92 Å². The fourth-order valence-corrected chi connectivity index (χ4v) is 16.2. The van der Waals surface area contributed by atoms with Crippen molar-refractivity contribution in [1.29, 1.82) is 0 Å². The monoisotopic (exact) mass is 1010 g/mol. The van der Waals surface area contributed by atoms with Gasteiger partial charge in [-0.15, -0.1) is 22.7 Å². The number of benzene rings is 12. The number of nitrogens with zero attached hydrogens (tertiary/aromatic N) is 2. The van der Waals surface area contributed by atoms with Crippen LogP contribution in [0.5, 0.6) is 0 Å². The third-order valence-electron chi connectivity index (χ3n) is 16.7. The van der Waals surface area contributed by atoms with Crippen molar-refractivity contribution in [3.8, 4) is 55.9 Å². The second kappa shape index (κ2) is 16.6. The first-order chi connectivity index (χ1) is 38.3. The molecule has 0 amide bonds. The lowest BCUT2D eigenvalue weighted by molar-refractivity contribution is 1.03. The van der Waals surface area contributed by atoms with Crippen molar-refractivity contribution in [3.05, 3.63) is 278 Å². The summed E-state index contributed by atoms with van der Waals surface area (Å²) in [5.41, 5.74) is 21.4. The number of hydrogen-bond acceptors (Lipinski definition) is 2. The Bertz CT molecular complexity index is 4980. The zero-order valence-electron chi connectivity index (χ0n) is 41.6. The second-order valence-corrected chi connectivity index (χ2v) is 22.6. The highest BCUT2D eigenvalue weighted by Crippen LogP contribution is 2.54. The zero-order valence-corrected chi connectivity index (χ0v) is 43.2. The number of hydrogen-bond donors (Lipinski definition) is 0. The van der Waals surface area contributed by atoms with Gasteiger partial charge in [0.05, 0.1) is 38.1 Å². The summed E-state index contributed by atoms with van der Waals surface area (Å²) in [4.78, 5) is 0. The van der Waals surface area contributed by atoms with Gasteiger partial charge in [-0.3, -0.25) is 0 Å². The number of para-hydroxylation sites is 5. The average molecular weight is 1010 g/mol. The van der Waals surface area contributed by atoms with Crippen molar-refractivity contribution in [3.63, 3.8) is 0 Å². The van der Waals surface area contributed by atoms with Gasteiger partial charge in [0.1, 0.15) is 0 Å². The first kappa shape index (κ1) is 43.0. The van der Waals surface area contributed by atoms with Crippen molar-refractivity contribution in [1.82, 2.24) is 9.13 Å². The lowest BCUT2D eigenvalue weighted by atomic mass is 9.88. The lowest BCUT2D eigenvalue weighted by Gasteiger charge is -2.17. The van der Waals surface area contributed by atoms with E-state index in [2.05, 4.69) is 270 Å². The van der Waals surface area contributed by atoms with Crippen molar-refractivity contribution >= 4 is 107 Å². The Morgan fingerprint density at radius 1 is 0.221 bits per heavy atom. The number of aromatic nitrogens is 2. The molecule has 0 fully saturated rings. The van der Waals surface area contributed by atoms with Crippen LogP contribution < -0.4 is 0 Å². The minimum atomic E-state index is 0.169. The highest BCUT2D eigenvalue weighted by Gasteiger charge is 2.32. The molecule has 0 aliphatic heterocycles. The third-order valence-corrected chi connectivity index (χ3v) is 19.2. The summed E-state index contributed by atoms with van der Waals surface area (Å²) in [5.74, 6) is 0.169. The van der Waals surface area contributed by atoms with E-state index in [9.17, 15) is 0 Å². The van der Waals surface area contributed by atoms with E-state index in [0.29, 0.717) is 0 Å². The van der Waals surface area contributed by atoms with Crippen LogP contribution in [0.4, 0.5) is 0 Å². The van der Waals surface area contributed by atoms with E-state index in [-0.39, 0.29) is 5.92 Å². The Morgan fingerprint density at radius 3 is 1.21 bits per heavy atom. The van der Waals surface area contributed by atoms with Crippen LogP contribution >= 0.6 is 22.7 Å². The first-order valence-electron chi connectivity index (χ1n) is 26.5. The van der Waals surface area contributed by atoms with Crippen LogP contribution in [0.1, 0.15) is 22.6 Å². The van der Waals surface area contributed by atoms with E-state index in [1.165, 1.54) is 151 Å². The highest BCUT2D eigenvalue weighted by molar-refractivity contribution is 7.27. The summed E-state index contributed by atoms with van der Waals surface area (Å²) in [6.45, 7) is 0. The molecule has 0 radical (unpaired) electrons. The summed E-state index contributed by atoms with van der Waals surface area (Å²) >= 11 is 3.89. The second-order valence-electron chi connectivity index (χ2n) is 20.5. The summed E-state index contributed by atoms with van der Waals surface area (Å²) in [7, 11) is 0. The van der Waals surface area contributed by atoms with Gasteiger partial charge in [0.15, 0.2) is 0 Å². The molecule has 0 unspecified atom stereocenters. The molecule has 0 bridgehead atoms. The summed E-state index contributed by atoms with van der Waals surface area (Å²) in [6.07, 6.45) is 0. The molecule has 0 atom stereocenters. The molecule has 1 aliphatic carbocycles. The number of thiophene rings is 2. The molecule has 1 aliphatic rings. The molecule has 17 rings (SSSR count). The van der Waals surface area contributed by atoms with Crippen molar-refractivity contribution < 1.29 is 0 Å². The average Bonchev–Trinajstić information content (AvgIpc) is 4.44. The van der Waals surface area contributed by atoms with Crippen molar-refractivity contribution in [2.24, 2.45) is 0 Å². The molecule has 0 saturated carbocycles. The predicted molar refractivity (Wildman–Crippen MR) is 330 cm³/mol. The number of fused-ring (bicyclic) bond motifs is 15. The van der Waals surface area contributed by atoms with E-state index in [1.54, 1.807) is 0 Å². The van der Waals surface area contributed by atoms with Crippen LogP contribution in [0.25, 0.3) is 140 Å². The van der Waals surface area contributed by atoms with Crippen molar-refractivity contribution in [2.75, 3.05) is 0 Å². The molecule has 0 spiro atoms. The van der Waals surface area contributed by atoms with Gasteiger partial charge in [0.25, 0.3) is 0 Å². The quantitative estimate of drug-likeness (QED) is 0.157. The van der Waals surface area contributed by atoms with Gasteiger partial charge in [0, 0.05) is 79.8 Å². The van der Waals surface area contributed by atoms with E-state index in [1.807, 2.05) is 22.7 Å². The Morgan fingerprint density at radius 2 is 0.597 bits per heavy atom. The Balaban J connectivity index is 0.926. The lowest BCUT2D eigenvalue weighted by Crippen LogP contribution is -1.99. The van der Waals surface area contributed by atoms with Gasteiger partial charge < -0.3 is 9.13 Å². The predicted octanol–water partition coefficient (Wildman–Crippen LogP) is 20.8. The molecule has 4 heterocycles. The molecule has 2 nitrogen and oxygen atoms in total. The molecule has 358 valence electrons. The van der Waals surface area contributed by atoms with E-state index < -0.39 is 0 Å². The Labute approximate surface area is 452 Å². The molecule has 4 aromatic heterocycles. The maximum atomic E-state index is 2.50. The molecule has 77 heavy (non-hydrogen) atoms. The van der Waals surface area contributed by atoms with Gasteiger partial charge in [-0.1, -0.05) is 224 Å². The maximum Gasteiger partial charge on any atom is 0.0640 e. The van der Waals surface area contributed by atoms with Gasteiger partial charge >= 0.3 is 0 Å². The van der Waals surface area contributed by atoms with Crippen LogP contribution in [0.3, 0.4) is 0 Å². The minimum absolute atomic E-state index is 0.169. The van der Waals surface area contributed by atoms with Gasteiger partial charge in [-0.05, 0) is 80.9 Å². The Kier molecular flexibility index (Phi) is 9.26. The summed E-state index contributed by atoms with van der Waals surface area (Å²) in [6, 6.07) is 97.5. The normalized spacial score (nSPS) is 12.6. The van der Waals surface area contributed by atoms with Gasteiger partial charge in [-0.2, -0.15) is 0 Å². The van der Waals surface area contributed by atoms with E-state index in [0.717, 1.165) is 5.69 Å². The Hall–Kier alpha value is -9.32. The van der Waals surface area contributed by atoms with Gasteiger partial charge in [-0.25, -0.2) is 0 Å². The van der Waals surface area contributed by atoms with Crippen LogP contribution in [0.15, 0.2) is 261 Å². The molecular formula is C73H44N2S2. The fourth-order valence-electron chi connectivity index (χ4n) is 13.5. The van der Waals surface area contributed by atoms with Crippen LogP contribution in [0.2, 0.25) is 0 Å². The smallest absolute Gasteiger partial charge is 0.0640 e. The molecule has 12 aromatic carbocycles. The maximum absolute atomic E-state index is 2.50. The number of rotatable bonds is 6. The van der Waals surface area contributed by atoms with Crippen LogP contribution in [-0.4, -0.2) is 9.13 Å².